The minimum absolute atomic E-state index is 0.484. The number of piperidine rings is 1. The van der Waals surface area contributed by atoms with E-state index in [9.17, 15) is 4.79 Å². The van der Waals surface area contributed by atoms with Gasteiger partial charge in [-0.25, -0.2) is 0 Å². The summed E-state index contributed by atoms with van der Waals surface area (Å²) in [6.07, 6.45) is 8.12. The summed E-state index contributed by atoms with van der Waals surface area (Å²) >= 11 is 2.40. The molecule has 2 rings (SSSR count). The number of nitrogens with zero attached hydrogens (tertiary/aromatic N) is 1. The Hall–Kier alpha value is -0.580. The van der Waals surface area contributed by atoms with Gasteiger partial charge in [-0.3, -0.25) is 4.79 Å². The number of halogens is 1. The van der Waals surface area contributed by atoms with Crippen molar-refractivity contribution in [2.24, 2.45) is 0 Å². The fourth-order valence-electron chi connectivity index (χ4n) is 2.70. The molecule has 1 aliphatic heterocycles. The molecule has 0 N–H and O–H groups in total. The molecule has 1 fully saturated rings. The molecule has 1 amide bonds. The summed E-state index contributed by atoms with van der Waals surface area (Å²) in [5.74, 6) is 0. The molecule has 0 radical (unpaired) electrons. The van der Waals surface area contributed by atoms with E-state index in [0.717, 1.165) is 25.8 Å². The smallest absolute Gasteiger partial charge is 0.209 e. The summed E-state index contributed by atoms with van der Waals surface area (Å²) in [4.78, 5) is 13.0. The lowest BCUT2D eigenvalue weighted by molar-refractivity contribution is -0.121. The van der Waals surface area contributed by atoms with Gasteiger partial charge in [-0.15, -0.1) is 0 Å². The predicted molar refractivity (Wildman–Crippen MR) is 82.5 cm³/mol. The number of hydrogen-bond acceptors (Lipinski definition) is 1. The van der Waals surface area contributed by atoms with Crippen LogP contribution in [-0.4, -0.2) is 23.9 Å². The number of likely N-dealkylation sites (tertiary alicyclic amines) is 1. The maximum Gasteiger partial charge on any atom is 0.209 e. The molecule has 98 valence electrons. The Labute approximate surface area is 123 Å². The monoisotopic (exact) mass is 357 g/mol. The molecule has 0 bridgehead atoms. The predicted octanol–water partition coefficient (Wildman–Crippen LogP) is 3.62. The van der Waals surface area contributed by atoms with E-state index in [1.807, 2.05) is 4.90 Å². The Balaban J connectivity index is 1.81. The molecule has 1 atom stereocenters. The summed E-state index contributed by atoms with van der Waals surface area (Å²) < 4.78 is 1.35. The van der Waals surface area contributed by atoms with Gasteiger partial charge in [0.2, 0.25) is 6.41 Å². The van der Waals surface area contributed by atoms with Gasteiger partial charge in [0.25, 0.3) is 0 Å². The van der Waals surface area contributed by atoms with Gasteiger partial charge in [-0.05, 0) is 72.7 Å². The zero-order valence-corrected chi connectivity index (χ0v) is 12.8. The maximum atomic E-state index is 11.0. The Morgan fingerprint density at radius 1 is 1.33 bits per heavy atom. The van der Waals surface area contributed by atoms with E-state index in [2.05, 4.69) is 46.9 Å². The molecule has 18 heavy (non-hydrogen) atoms. The molecule has 2 nitrogen and oxygen atoms in total. The van der Waals surface area contributed by atoms with Gasteiger partial charge < -0.3 is 4.90 Å². The van der Waals surface area contributed by atoms with Gasteiger partial charge >= 0.3 is 0 Å². The van der Waals surface area contributed by atoms with Crippen LogP contribution in [0.15, 0.2) is 24.3 Å². The number of benzene rings is 1. The average molecular weight is 357 g/mol. The van der Waals surface area contributed by atoms with Crippen LogP contribution in [0, 0.1) is 3.57 Å². The molecular weight excluding hydrogens is 337 g/mol. The van der Waals surface area contributed by atoms with Gasteiger partial charge in [0.15, 0.2) is 0 Å². The van der Waals surface area contributed by atoms with Crippen molar-refractivity contribution < 1.29 is 4.79 Å². The van der Waals surface area contributed by atoms with E-state index in [1.165, 1.54) is 34.8 Å². The molecule has 1 unspecified atom stereocenters. The van der Waals surface area contributed by atoms with Crippen molar-refractivity contribution >= 4 is 29.0 Å². The Bertz CT molecular complexity index is 394. The first-order valence-corrected chi connectivity index (χ1v) is 7.83. The first-order chi connectivity index (χ1) is 8.81. The third kappa shape index (κ3) is 3.70. The molecule has 1 saturated heterocycles. The topological polar surface area (TPSA) is 20.3 Å². The molecule has 0 aliphatic carbocycles. The summed E-state index contributed by atoms with van der Waals surface area (Å²) in [6, 6.07) is 9.04. The number of amides is 1. The summed E-state index contributed by atoms with van der Waals surface area (Å²) in [5.41, 5.74) is 1.44. The Morgan fingerprint density at radius 3 is 2.94 bits per heavy atom. The lowest BCUT2D eigenvalue weighted by atomic mass is 9.96. The highest BCUT2D eigenvalue weighted by atomic mass is 127. The van der Waals surface area contributed by atoms with Gasteiger partial charge in [-0.1, -0.05) is 18.2 Å². The maximum absolute atomic E-state index is 11.0. The van der Waals surface area contributed by atoms with Crippen molar-refractivity contribution in [2.45, 2.75) is 44.6 Å². The Morgan fingerprint density at radius 2 is 2.17 bits per heavy atom. The van der Waals surface area contributed by atoms with Crippen LogP contribution in [0.1, 0.15) is 37.7 Å². The fourth-order valence-corrected chi connectivity index (χ4v) is 3.36. The number of carbonyl (C=O) groups excluding carboxylic acids is 1. The number of rotatable bonds is 5. The minimum atomic E-state index is 0.484. The molecule has 1 heterocycles. The number of hydrogen-bond donors (Lipinski definition) is 0. The molecule has 1 aliphatic rings. The van der Waals surface area contributed by atoms with Crippen molar-refractivity contribution in [3.63, 3.8) is 0 Å². The molecular formula is C15H20INO. The van der Waals surface area contributed by atoms with E-state index in [4.69, 9.17) is 0 Å². The quantitative estimate of drug-likeness (QED) is 0.582. The van der Waals surface area contributed by atoms with E-state index in [-0.39, 0.29) is 0 Å². The number of aryl methyl sites for hydroxylation is 1. The van der Waals surface area contributed by atoms with Crippen LogP contribution in [0.5, 0.6) is 0 Å². The van der Waals surface area contributed by atoms with E-state index in [0.29, 0.717) is 6.04 Å². The van der Waals surface area contributed by atoms with Crippen molar-refractivity contribution in [2.75, 3.05) is 6.54 Å². The molecule has 0 aromatic heterocycles. The highest BCUT2D eigenvalue weighted by Crippen LogP contribution is 2.21. The Kier molecular flexibility index (Phi) is 5.47. The summed E-state index contributed by atoms with van der Waals surface area (Å²) in [7, 11) is 0. The van der Waals surface area contributed by atoms with Crippen LogP contribution in [-0.2, 0) is 11.2 Å². The highest BCUT2D eigenvalue weighted by molar-refractivity contribution is 14.1. The number of carbonyl (C=O) groups is 1. The molecule has 1 aromatic rings. The normalized spacial score (nSPS) is 19.8. The van der Waals surface area contributed by atoms with Crippen LogP contribution in [0.4, 0.5) is 0 Å². The van der Waals surface area contributed by atoms with Crippen LogP contribution >= 0.6 is 22.6 Å². The molecule has 0 saturated carbocycles. The zero-order valence-electron chi connectivity index (χ0n) is 10.6. The zero-order chi connectivity index (χ0) is 12.8. The van der Waals surface area contributed by atoms with Gasteiger partial charge in [0.1, 0.15) is 0 Å². The summed E-state index contributed by atoms with van der Waals surface area (Å²) in [6.45, 7) is 0.955. The molecule has 0 spiro atoms. The lowest BCUT2D eigenvalue weighted by Gasteiger charge is -2.32. The first kappa shape index (κ1) is 13.8. The lowest BCUT2D eigenvalue weighted by Crippen LogP contribution is -2.38. The highest BCUT2D eigenvalue weighted by Gasteiger charge is 2.20. The minimum Gasteiger partial charge on any atom is -0.342 e. The second-order valence-electron chi connectivity index (χ2n) is 4.98. The van der Waals surface area contributed by atoms with Crippen molar-refractivity contribution in [3.8, 4) is 0 Å². The van der Waals surface area contributed by atoms with Crippen LogP contribution < -0.4 is 0 Å². The summed E-state index contributed by atoms with van der Waals surface area (Å²) in [5, 5.41) is 0. The van der Waals surface area contributed by atoms with Crippen molar-refractivity contribution in [1.29, 1.82) is 0 Å². The third-order valence-electron chi connectivity index (χ3n) is 3.75. The van der Waals surface area contributed by atoms with Crippen molar-refractivity contribution in [3.05, 3.63) is 33.4 Å². The third-order valence-corrected chi connectivity index (χ3v) is 4.80. The van der Waals surface area contributed by atoms with Crippen LogP contribution in [0.3, 0.4) is 0 Å². The standard InChI is InChI=1S/C15H20INO/c16-15-10-2-1-6-13(15)7-5-9-14-8-3-4-11-17(14)12-18/h1-2,6,10,12,14H,3-5,7-9,11H2. The van der Waals surface area contributed by atoms with E-state index >= 15 is 0 Å². The van der Waals surface area contributed by atoms with Gasteiger partial charge in [0, 0.05) is 16.2 Å². The second kappa shape index (κ2) is 7.12. The van der Waals surface area contributed by atoms with Crippen molar-refractivity contribution in [1.82, 2.24) is 4.90 Å². The second-order valence-corrected chi connectivity index (χ2v) is 6.14. The van der Waals surface area contributed by atoms with Crippen LogP contribution in [0.2, 0.25) is 0 Å². The van der Waals surface area contributed by atoms with E-state index in [1.54, 1.807) is 0 Å². The first-order valence-electron chi connectivity index (χ1n) is 6.75. The molecule has 3 heteroatoms. The fraction of sp³-hybridized carbons (Fsp3) is 0.533. The van der Waals surface area contributed by atoms with E-state index < -0.39 is 0 Å². The SMILES string of the molecule is O=CN1CCCCC1CCCc1ccccc1I. The largest absolute Gasteiger partial charge is 0.342 e. The molecule has 1 aromatic carbocycles. The van der Waals surface area contributed by atoms with Gasteiger partial charge in [0.05, 0.1) is 0 Å². The average Bonchev–Trinajstić information content (AvgIpc) is 2.41. The van der Waals surface area contributed by atoms with Gasteiger partial charge in [-0.2, -0.15) is 0 Å². The van der Waals surface area contributed by atoms with Crippen LogP contribution in [0.25, 0.3) is 0 Å².